The van der Waals surface area contributed by atoms with E-state index in [4.69, 9.17) is 13.9 Å². The quantitative estimate of drug-likeness (QED) is 0.725. The molecule has 0 fully saturated rings. The zero-order chi connectivity index (χ0) is 15.5. The van der Waals surface area contributed by atoms with Gasteiger partial charge in [0.2, 0.25) is 0 Å². The molecule has 3 rings (SSSR count). The lowest BCUT2D eigenvalue weighted by atomic mass is 10.1. The van der Waals surface area contributed by atoms with Gasteiger partial charge in [-0.25, -0.2) is 9.37 Å². The van der Waals surface area contributed by atoms with E-state index in [9.17, 15) is 4.39 Å². The Hall–Kier alpha value is -2.82. The van der Waals surface area contributed by atoms with Crippen molar-refractivity contribution in [3.05, 3.63) is 54.7 Å². The molecular formula is C17H14FNO3. The number of aromatic nitrogens is 1. The lowest BCUT2D eigenvalue weighted by Crippen LogP contribution is -1.90. The standard InChI is InChI=1S/C17H14FNO3/c1-20-13-6-3-11(4-7-13)17-16(19-10-22-17)12-5-8-15(21-2)14(18)9-12/h3-10H,1-2H3. The van der Waals surface area contributed by atoms with Gasteiger partial charge < -0.3 is 13.9 Å². The maximum Gasteiger partial charge on any atom is 0.182 e. The predicted molar refractivity (Wildman–Crippen MR) is 80.4 cm³/mol. The van der Waals surface area contributed by atoms with E-state index in [0.29, 0.717) is 17.0 Å². The number of rotatable bonds is 4. The number of nitrogens with zero attached hydrogens (tertiary/aromatic N) is 1. The van der Waals surface area contributed by atoms with E-state index < -0.39 is 5.82 Å². The molecule has 1 aromatic heterocycles. The first-order chi connectivity index (χ1) is 10.7. The van der Waals surface area contributed by atoms with Gasteiger partial charge in [-0.3, -0.25) is 0 Å². The van der Waals surface area contributed by atoms with Crippen molar-refractivity contribution in [1.29, 1.82) is 0 Å². The molecule has 22 heavy (non-hydrogen) atoms. The molecule has 4 nitrogen and oxygen atoms in total. The third-order valence-electron chi connectivity index (χ3n) is 3.34. The molecule has 0 amide bonds. The molecule has 2 aromatic carbocycles. The van der Waals surface area contributed by atoms with Gasteiger partial charge in [0.1, 0.15) is 11.4 Å². The number of benzene rings is 2. The van der Waals surface area contributed by atoms with Gasteiger partial charge >= 0.3 is 0 Å². The van der Waals surface area contributed by atoms with Gasteiger partial charge in [0, 0.05) is 11.1 Å². The van der Waals surface area contributed by atoms with Crippen molar-refractivity contribution in [2.75, 3.05) is 14.2 Å². The molecule has 0 N–H and O–H groups in total. The van der Waals surface area contributed by atoms with Crippen LogP contribution in [0.1, 0.15) is 0 Å². The van der Waals surface area contributed by atoms with E-state index in [1.54, 1.807) is 19.2 Å². The van der Waals surface area contributed by atoms with E-state index in [2.05, 4.69) is 4.98 Å². The average Bonchev–Trinajstić information content (AvgIpc) is 3.04. The second-order valence-electron chi connectivity index (χ2n) is 4.61. The smallest absolute Gasteiger partial charge is 0.182 e. The van der Waals surface area contributed by atoms with E-state index in [-0.39, 0.29) is 5.75 Å². The van der Waals surface area contributed by atoms with Gasteiger partial charge in [-0.2, -0.15) is 0 Å². The summed E-state index contributed by atoms with van der Waals surface area (Å²) in [5.74, 6) is 1.08. The molecule has 0 atom stereocenters. The molecule has 0 saturated carbocycles. The van der Waals surface area contributed by atoms with Gasteiger partial charge in [-0.15, -0.1) is 0 Å². The summed E-state index contributed by atoms with van der Waals surface area (Å²) in [6.45, 7) is 0. The lowest BCUT2D eigenvalue weighted by Gasteiger charge is -2.05. The van der Waals surface area contributed by atoms with Crippen LogP contribution in [0, 0.1) is 5.82 Å². The molecule has 0 aliphatic carbocycles. The number of methoxy groups -OCH3 is 2. The second kappa shape index (κ2) is 5.89. The Kier molecular flexibility index (Phi) is 3.78. The second-order valence-corrected chi connectivity index (χ2v) is 4.61. The van der Waals surface area contributed by atoms with Crippen LogP contribution >= 0.6 is 0 Å². The van der Waals surface area contributed by atoms with E-state index >= 15 is 0 Å². The number of hydrogen-bond donors (Lipinski definition) is 0. The van der Waals surface area contributed by atoms with E-state index in [1.165, 1.54) is 19.6 Å². The zero-order valence-corrected chi connectivity index (χ0v) is 12.2. The summed E-state index contributed by atoms with van der Waals surface area (Å²) >= 11 is 0. The Labute approximate surface area is 127 Å². The summed E-state index contributed by atoms with van der Waals surface area (Å²) in [6, 6.07) is 12.1. The van der Waals surface area contributed by atoms with Crippen molar-refractivity contribution >= 4 is 0 Å². The van der Waals surface area contributed by atoms with Crippen LogP contribution in [0.5, 0.6) is 11.5 Å². The fourth-order valence-corrected chi connectivity index (χ4v) is 2.21. The molecule has 0 bridgehead atoms. The molecule has 1 heterocycles. The van der Waals surface area contributed by atoms with Crippen LogP contribution < -0.4 is 9.47 Å². The van der Waals surface area contributed by atoms with Gasteiger partial charge in [0.05, 0.1) is 14.2 Å². The van der Waals surface area contributed by atoms with Crippen LogP contribution in [0.3, 0.4) is 0 Å². The normalized spacial score (nSPS) is 10.5. The highest BCUT2D eigenvalue weighted by molar-refractivity contribution is 5.77. The van der Waals surface area contributed by atoms with Crippen molar-refractivity contribution in [2.45, 2.75) is 0 Å². The molecule has 0 unspecified atom stereocenters. The molecule has 112 valence electrons. The van der Waals surface area contributed by atoms with E-state index in [1.807, 2.05) is 24.3 Å². The topological polar surface area (TPSA) is 44.5 Å². The summed E-state index contributed by atoms with van der Waals surface area (Å²) in [4.78, 5) is 4.20. The molecule has 0 aliphatic heterocycles. The molecule has 0 saturated heterocycles. The Morgan fingerprint density at radius 3 is 2.32 bits per heavy atom. The van der Waals surface area contributed by atoms with Crippen LogP contribution in [0.25, 0.3) is 22.6 Å². The van der Waals surface area contributed by atoms with E-state index in [0.717, 1.165) is 11.3 Å². The average molecular weight is 299 g/mol. The highest BCUT2D eigenvalue weighted by atomic mass is 19.1. The minimum absolute atomic E-state index is 0.193. The minimum Gasteiger partial charge on any atom is -0.497 e. The van der Waals surface area contributed by atoms with Gasteiger partial charge in [-0.1, -0.05) is 0 Å². The number of halogens is 1. The Morgan fingerprint density at radius 1 is 0.955 bits per heavy atom. The van der Waals surface area contributed by atoms with Crippen LogP contribution in [0.2, 0.25) is 0 Å². The van der Waals surface area contributed by atoms with Crippen LogP contribution in [0.15, 0.2) is 53.3 Å². The lowest BCUT2D eigenvalue weighted by molar-refractivity contribution is 0.386. The Balaban J connectivity index is 2.02. The monoisotopic (exact) mass is 299 g/mol. The predicted octanol–water partition coefficient (Wildman–Crippen LogP) is 4.16. The third kappa shape index (κ3) is 2.53. The first-order valence-electron chi connectivity index (χ1n) is 6.64. The first kappa shape index (κ1) is 14.1. The summed E-state index contributed by atoms with van der Waals surface area (Å²) < 4.78 is 29.4. The number of oxazole rings is 1. The maximum atomic E-state index is 13.9. The molecule has 5 heteroatoms. The van der Waals surface area contributed by atoms with Gasteiger partial charge in [0.25, 0.3) is 0 Å². The molecule has 0 radical (unpaired) electrons. The third-order valence-corrected chi connectivity index (χ3v) is 3.34. The molecular weight excluding hydrogens is 285 g/mol. The van der Waals surface area contributed by atoms with Crippen LogP contribution in [-0.2, 0) is 0 Å². The first-order valence-corrected chi connectivity index (χ1v) is 6.64. The highest BCUT2D eigenvalue weighted by Gasteiger charge is 2.15. The largest absolute Gasteiger partial charge is 0.497 e. The fourth-order valence-electron chi connectivity index (χ4n) is 2.21. The summed E-state index contributed by atoms with van der Waals surface area (Å²) in [6.07, 6.45) is 1.34. The zero-order valence-electron chi connectivity index (χ0n) is 12.2. The maximum absolute atomic E-state index is 13.9. The fraction of sp³-hybridized carbons (Fsp3) is 0.118. The number of ether oxygens (including phenoxy) is 2. The van der Waals surface area contributed by atoms with Crippen molar-refractivity contribution in [3.63, 3.8) is 0 Å². The SMILES string of the molecule is COc1ccc(-c2ocnc2-c2ccc(OC)c(F)c2)cc1. The summed E-state index contributed by atoms with van der Waals surface area (Å²) in [5.41, 5.74) is 2.04. The Bertz CT molecular complexity index is 781. The van der Waals surface area contributed by atoms with Crippen LogP contribution in [-0.4, -0.2) is 19.2 Å². The minimum atomic E-state index is -0.441. The van der Waals surface area contributed by atoms with Crippen molar-refractivity contribution in [3.8, 4) is 34.1 Å². The van der Waals surface area contributed by atoms with Crippen molar-refractivity contribution < 1.29 is 18.3 Å². The van der Waals surface area contributed by atoms with Crippen LogP contribution in [0.4, 0.5) is 4.39 Å². The molecule has 0 aliphatic rings. The van der Waals surface area contributed by atoms with Crippen molar-refractivity contribution in [2.24, 2.45) is 0 Å². The Morgan fingerprint density at radius 2 is 1.68 bits per heavy atom. The van der Waals surface area contributed by atoms with Crippen molar-refractivity contribution in [1.82, 2.24) is 4.98 Å². The van der Waals surface area contributed by atoms with Gasteiger partial charge in [0.15, 0.2) is 23.7 Å². The summed E-state index contributed by atoms with van der Waals surface area (Å²) in [7, 11) is 3.03. The highest BCUT2D eigenvalue weighted by Crippen LogP contribution is 2.33. The number of hydrogen-bond acceptors (Lipinski definition) is 4. The molecule has 3 aromatic rings. The molecule has 0 spiro atoms. The summed E-state index contributed by atoms with van der Waals surface area (Å²) in [5, 5.41) is 0. The van der Waals surface area contributed by atoms with Gasteiger partial charge in [-0.05, 0) is 42.5 Å².